The molecule has 1 N–H and O–H groups in total. The van der Waals surface area contributed by atoms with Gasteiger partial charge in [-0.05, 0) is 56.2 Å². The van der Waals surface area contributed by atoms with Crippen LogP contribution >= 0.6 is 0 Å². The molecule has 27 heavy (non-hydrogen) atoms. The second kappa shape index (κ2) is 9.01. The number of hydrogen-bond acceptors (Lipinski definition) is 4. The number of anilines is 1. The van der Waals surface area contributed by atoms with Crippen LogP contribution in [-0.2, 0) is 14.8 Å². The van der Waals surface area contributed by atoms with Crippen LogP contribution in [-0.4, -0.2) is 41.6 Å². The summed E-state index contributed by atoms with van der Waals surface area (Å²) in [6, 6.07) is 11.7. The predicted octanol–water partition coefficient (Wildman–Crippen LogP) is 2.89. The van der Waals surface area contributed by atoms with Crippen molar-refractivity contribution in [3.63, 3.8) is 0 Å². The number of sulfonamides is 1. The zero-order valence-corrected chi connectivity index (χ0v) is 17.0. The second-order valence-corrected chi connectivity index (χ2v) is 8.36. The van der Waals surface area contributed by atoms with Gasteiger partial charge in [-0.15, -0.1) is 0 Å². The first-order valence-corrected chi connectivity index (χ1v) is 10.1. The molecule has 0 unspecified atom stereocenters. The van der Waals surface area contributed by atoms with Gasteiger partial charge in [-0.1, -0.05) is 17.7 Å². The third kappa shape index (κ3) is 5.08. The molecule has 2 aromatic rings. The average Bonchev–Trinajstić information content (AvgIpc) is 2.64. The Labute approximate surface area is 161 Å². The molecule has 0 bridgehead atoms. The fourth-order valence-corrected chi connectivity index (χ4v) is 3.93. The van der Waals surface area contributed by atoms with Gasteiger partial charge >= 0.3 is 0 Å². The van der Waals surface area contributed by atoms with E-state index in [1.165, 1.54) is 11.4 Å². The van der Waals surface area contributed by atoms with Gasteiger partial charge in [-0.25, -0.2) is 8.42 Å². The highest BCUT2D eigenvalue weighted by atomic mass is 32.2. The molecule has 0 fully saturated rings. The maximum absolute atomic E-state index is 12.9. The van der Waals surface area contributed by atoms with E-state index in [1.807, 2.05) is 6.92 Å². The molecule has 6 nitrogen and oxygen atoms in total. The third-order valence-electron chi connectivity index (χ3n) is 4.29. The smallest absolute Gasteiger partial charge is 0.264 e. The summed E-state index contributed by atoms with van der Waals surface area (Å²) in [5.41, 5.74) is 2.73. The minimum Gasteiger partial charge on any atom is -0.385 e. The van der Waals surface area contributed by atoms with Gasteiger partial charge in [0.1, 0.15) is 0 Å². The molecule has 0 aliphatic rings. The van der Waals surface area contributed by atoms with E-state index in [0.717, 1.165) is 12.0 Å². The number of methoxy groups -OCH3 is 1. The van der Waals surface area contributed by atoms with E-state index in [4.69, 9.17) is 4.74 Å². The van der Waals surface area contributed by atoms with Crippen molar-refractivity contribution >= 4 is 21.6 Å². The highest BCUT2D eigenvalue weighted by molar-refractivity contribution is 7.92. The lowest BCUT2D eigenvalue weighted by atomic mass is 10.1. The van der Waals surface area contributed by atoms with Crippen molar-refractivity contribution in [3.05, 3.63) is 59.2 Å². The molecule has 0 spiro atoms. The summed E-state index contributed by atoms with van der Waals surface area (Å²) in [6.45, 7) is 4.80. The Morgan fingerprint density at radius 2 is 1.78 bits per heavy atom. The van der Waals surface area contributed by atoms with Gasteiger partial charge in [0.15, 0.2) is 0 Å². The molecule has 0 saturated carbocycles. The maximum Gasteiger partial charge on any atom is 0.264 e. The summed E-state index contributed by atoms with van der Waals surface area (Å²) in [5.74, 6) is -0.190. The highest BCUT2D eigenvalue weighted by Gasteiger charge is 2.22. The van der Waals surface area contributed by atoms with Crippen molar-refractivity contribution in [2.45, 2.75) is 25.2 Å². The standard InChI is InChI=1S/C20H26N2O4S/c1-15-6-9-18(10-7-15)27(24,25)22(3)19-11-8-17(14-16(19)2)20(23)21-12-5-13-26-4/h6-11,14H,5,12-13H2,1-4H3,(H,21,23). The van der Waals surface area contributed by atoms with Gasteiger partial charge in [0, 0.05) is 32.9 Å². The van der Waals surface area contributed by atoms with Crippen LogP contribution in [0.5, 0.6) is 0 Å². The van der Waals surface area contributed by atoms with Gasteiger partial charge < -0.3 is 10.1 Å². The fourth-order valence-electron chi connectivity index (χ4n) is 2.67. The number of aryl methyl sites for hydroxylation is 2. The first-order valence-electron chi connectivity index (χ1n) is 8.70. The summed E-state index contributed by atoms with van der Waals surface area (Å²) in [7, 11) is -0.534. The van der Waals surface area contributed by atoms with E-state index in [0.29, 0.717) is 30.0 Å². The lowest BCUT2D eigenvalue weighted by Crippen LogP contribution is -2.28. The largest absolute Gasteiger partial charge is 0.385 e. The average molecular weight is 391 g/mol. The van der Waals surface area contributed by atoms with Crippen molar-refractivity contribution in [2.24, 2.45) is 0 Å². The fraction of sp³-hybridized carbons (Fsp3) is 0.350. The van der Waals surface area contributed by atoms with Crippen molar-refractivity contribution in [3.8, 4) is 0 Å². The van der Waals surface area contributed by atoms with Crippen LogP contribution in [0.3, 0.4) is 0 Å². The quantitative estimate of drug-likeness (QED) is 0.703. The van der Waals surface area contributed by atoms with Crippen molar-refractivity contribution in [2.75, 3.05) is 31.6 Å². The molecule has 0 radical (unpaired) electrons. The topological polar surface area (TPSA) is 75.7 Å². The zero-order valence-electron chi connectivity index (χ0n) is 16.2. The molecule has 0 heterocycles. The Hall–Kier alpha value is -2.38. The van der Waals surface area contributed by atoms with Gasteiger partial charge in [0.25, 0.3) is 15.9 Å². The van der Waals surface area contributed by atoms with Crippen LogP contribution in [0.25, 0.3) is 0 Å². The number of carbonyl (C=O) groups excluding carboxylic acids is 1. The van der Waals surface area contributed by atoms with Crippen molar-refractivity contribution in [1.82, 2.24) is 5.32 Å². The first-order chi connectivity index (χ1) is 12.8. The number of ether oxygens (including phenoxy) is 1. The molecule has 7 heteroatoms. The molecule has 0 aliphatic carbocycles. The zero-order chi connectivity index (χ0) is 20.0. The lowest BCUT2D eigenvalue weighted by Gasteiger charge is -2.22. The summed E-state index contributed by atoms with van der Waals surface area (Å²) < 4.78 is 31.9. The minimum atomic E-state index is -3.67. The molecule has 146 valence electrons. The maximum atomic E-state index is 12.9. The highest BCUT2D eigenvalue weighted by Crippen LogP contribution is 2.26. The SMILES string of the molecule is COCCCNC(=O)c1ccc(N(C)S(=O)(=O)c2ccc(C)cc2)c(C)c1. The predicted molar refractivity (Wildman–Crippen MR) is 107 cm³/mol. The second-order valence-electron chi connectivity index (χ2n) is 6.39. The number of hydrogen-bond donors (Lipinski definition) is 1. The van der Waals surface area contributed by atoms with Crippen LogP contribution in [0.1, 0.15) is 27.9 Å². The molecule has 0 saturated heterocycles. The molecular formula is C20H26N2O4S. The van der Waals surface area contributed by atoms with Gasteiger partial charge in [0.05, 0.1) is 10.6 Å². The molecule has 1 amide bonds. The summed E-state index contributed by atoms with van der Waals surface area (Å²) in [6.07, 6.45) is 0.733. The molecule has 0 atom stereocenters. The molecule has 2 rings (SSSR count). The number of nitrogens with one attached hydrogen (secondary N) is 1. The van der Waals surface area contributed by atoms with Gasteiger partial charge in [0.2, 0.25) is 0 Å². The van der Waals surface area contributed by atoms with Crippen molar-refractivity contribution < 1.29 is 17.9 Å². The van der Waals surface area contributed by atoms with Crippen molar-refractivity contribution in [1.29, 1.82) is 0 Å². The number of benzene rings is 2. The first kappa shape index (κ1) is 20.9. The Balaban J connectivity index is 2.19. The Morgan fingerprint density at radius 1 is 1.11 bits per heavy atom. The number of carbonyl (C=O) groups is 1. The van der Waals surface area contributed by atoms with E-state index in [9.17, 15) is 13.2 Å². The molecule has 2 aromatic carbocycles. The summed E-state index contributed by atoms with van der Waals surface area (Å²) in [5, 5.41) is 2.82. The molecule has 0 aromatic heterocycles. The minimum absolute atomic E-state index is 0.190. The van der Waals surface area contributed by atoms with Gasteiger partial charge in [-0.2, -0.15) is 0 Å². The van der Waals surface area contributed by atoms with Crippen LogP contribution in [0.4, 0.5) is 5.69 Å². The third-order valence-corrected chi connectivity index (χ3v) is 6.07. The summed E-state index contributed by atoms with van der Waals surface area (Å²) in [4.78, 5) is 12.4. The Morgan fingerprint density at radius 3 is 2.37 bits per heavy atom. The van der Waals surface area contributed by atoms with E-state index in [-0.39, 0.29) is 10.8 Å². The monoisotopic (exact) mass is 390 g/mol. The summed E-state index contributed by atoms with van der Waals surface area (Å²) >= 11 is 0. The van der Waals surface area contributed by atoms with E-state index >= 15 is 0 Å². The Kier molecular flexibility index (Phi) is 6.98. The lowest BCUT2D eigenvalue weighted by molar-refractivity contribution is 0.0948. The number of nitrogens with zero attached hydrogens (tertiary/aromatic N) is 1. The van der Waals surface area contributed by atoms with Crippen LogP contribution in [0.15, 0.2) is 47.4 Å². The molecular weight excluding hydrogens is 364 g/mol. The van der Waals surface area contributed by atoms with E-state index in [2.05, 4.69) is 5.32 Å². The Bertz CT molecular complexity index is 893. The van der Waals surface area contributed by atoms with Crippen LogP contribution < -0.4 is 9.62 Å². The van der Waals surface area contributed by atoms with Crippen LogP contribution in [0, 0.1) is 13.8 Å². The van der Waals surface area contributed by atoms with Gasteiger partial charge in [-0.3, -0.25) is 9.10 Å². The number of rotatable bonds is 8. The van der Waals surface area contributed by atoms with Crippen LogP contribution in [0.2, 0.25) is 0 Å². The normalized spacial score (nSPS) is 11.3. The van der Waals surface area contributed by atoms with E-state index < -0.39 is 10.0 Å². The number of amides is 1. The van der Waals surface area contributed by atoms with E-state index in [1.54, 1.807) is 56.5 Å². The molecule has 0 aliphatic heterocycles.